The molecule has 2 nitrogen and oxygen atoms in total. The van der Waals surface area contributed by atoms with Crippen molar-refractivity contribution in [3.63, 3.8) is 0 Å². The van der Waals surface area contributed by atoms with Gasteiger partial charge in [-0.25, -0.2) is 0 Å². The second-order valence-electron chi connectivity index (χ2n) is 6.90. The lowest BCUT2D eigenvalue weighted by Crippen LogP contribution is -2.38. The van der Waals surface area contributed by atoms with Gasteiger partial charge >= 0.3 is 0 Å². The number of rotatable bonds is 3. The van der Waals surface area contributed by atoms with Gasteiger partial charge in [-0.2, -0.15) is 0 Å². The Kier molecular flexibility index (Phi) is 2.74. The number of hydrogen-bond donors (Lipinski definition) is 0. The molecule has 19 heavy (non-hydrogen) atoms. The summed E-state index contributed by atoms with van der Waals surface area (Å²) < 4.78 is 6.23. The van der Waals surface area contributed by atoms with Crippen molar-refractivity contribution in [3.8, 4) is 5.75 Å². The lowest BCUT2D eigenvalue weighted by Gasteiger charge is -2.38. The molecule has 2 saturated carbocycles. The number of benzene rings is 1. The Morgan fingerprint density at radius 2 is 1.89 bits per heavy atom. The van der Waals surface area contributed by atoms with Crippen LogP contribution < -0.4 is 4.74 Å². The Morgan fingerprint density at radius 3 is 2.37 bits per heavy atom. The van der Waals surface area contributed by atoms with Crippen LogP contribution in [0.5, 0.6) is 5.75 Å². The summed E-state index contributed by atoms with van der Waals surface area (Å²) in [6.45, 7) is 7.16. The molecule has 0 N–H and O–H groups in total. The summed E-state index contributed by atoms with van der Waals surface area (Å²) in [4.78, 5) is 10.7. The average molecular weight is 258 g/mol. The van der Waals surface area contributed by atoms with Gasteiger partial charge in [0.1, 0.15) is 18.1 Å². The van der Waals surface area contributed by atoms with E-state index < -0.39 is 0 Å². The van der Waals surface area contributed by atoms with E-state index in [9.17, 15) is 4.79 Å². The van der Waals surface area contributed by atoms with Crippen molar-refractivity contribution >= 4 is 6.29 Å². The number of fused-ring (bicyclic) bond motifs is 2. The first kappa shape index (κ1) is 12.7. The molecule has 3 atom stereocenters. The smallest absolute Gasteiger partial charge is 0.150 e. The van der Waals surface area contributed by atoms with E-state index in [1.807, 2.05) is 24.3 Å². The van der Waals surface area contributed by atoms with Crippen LogP contribution in [0, 0.1) is 16.7 Å². The highest BCUT2D eigenvalue weighted by Gasteiger charge is 2.62. The van der Waals surface area contributed by atoms with Crippen LogP contribution in [0.3, 0.4) is 0 Å². The molecule has 1 aromatic rings. The van der Waals surface area contributed by atoms with Crippen molar-refractivity contribution in [2.45, 2.75) is 46.1 Å². The van der Waals surface area contributed by atoms with Crippen molar-refractivity contribution in [3.05, 3.63) is 29.8 Å². The van der Waals surface area contributed by atoms with Crippen LogP contribution in [0.1, 0.15) is 50.4 Å². The third kappa shape index (κ3) is 1.73. The van der Waals surface area contributed by atoms with Crippen molar-refractivity contribution in [1.29, 1.82) is 0 Å². The van der Waals surface area contributed by atoms with Crippen LogP contribution in [0.25, 0.3) is 0 Å². The summed E-state index contributed by atoms with van der Waals surface area (Å²) in [6, 6.07) is 7.46. The van der Waals surface area contributed by atoms with Crippen LogP contribution in [0.15, 0.2) is 24.3 Å². The molecule has 0 amide bonds. The van der Waals surface area contributed by atoms with Gasteiger partial charge in [0.2, 0.25) is 0 Å². The van der Waals surface area contributed by atoms with E-state index in [4.69, 9.17) is 4.74 Å². The monoisotopic (exact) mass is 258 g/mol. The van der Waals surface area contributed by atoms with E-state index in [2.05, 4.69) is 20.8 Å². The SMILES string of the molecule is CC1(C)C2CCC1(C)C(Oc1ccc(C=O)cc1)C2. The fourth-order valence-corrected chi connectivity index (χ4v) is 4.10. The average Bonchev–Trinajstić information content (AvgIpc) is 2.73. The van der Waals surface area contributed by atoms with E-state index in [1.165, 1.54) is 19.3 Å². The van der Waals surface area contributed by atoms with E-state index >= 15 is 0 Å². The maximum atomic E-state index is 10.7. The number of carbonyl (C=O) groups excluding carboxylic acids is 1. The lowest BCUT2D eigenvalue weighted by atomic mass is 9.70. The predicted molar refractivity (Wildman–Crippen MR) is 75.5 cm³/mol. The first-order valence-corrected chi connectivity index (χ1v) is 7.19. The molecule has 102 valence electrons. The molecule has 0 aliphatic heterocycles. The molecule has 0 spiro atoms. The number of carbonyl (C=O) groups is 1. The Morgan fingerprint density at radius 1 is 1.21 bits per heavy atom. The predicted octanol–water partition coefficient (Wildman–Crippen LogP) is 4.09. The molecule has 3 rings (SSSR count). The Hall–Kier alpha value is -1.31. The van der Waals surface area contributed by atoms with E-state index in [1.54, 1.807) is 0 Å². The fourth-order valence-electron chi connectivity index (χ4n) is 4.10. The summed E-state index contributed by atoms with van der Waals surface area (Å²) >= 11 is 0. The molecular formula is C17H22O2. The minimum absolute atomic E-state index is 0.279. The largest absolute Gasteiger partial charge is 0.490 e. The lowest BCUT2D eigenvalue weighted by molar-refractivity contribution is 0.0302. The molecule has 0 heterocycles. The van der Waals surface area contributed by atoms with Gasteiger partial charge in [-0.15, -0.1) is 0 Å². The molecule has 2 bridgehead atoms. The van der Waals surface area contributed by atoms with Gasteiger partial charge in [0.15, 0.2) is 0 Å². The van der Waals surface area contributed by atoms with E-state index in [0.29, 0.717) is 17.1 Å². The fraction of sp³-hybridized carbons (Fsp3) is 0.588. The van der Waals surface area contributed by atoms with Gasteiger partial charge < -0.3 is 4.74 Å². The summed E-state index contributed by atoms with van der Waals surface area (Å²) in [5.74, 6) is 1.68. The standard InChI is InChI=1S/C17H22O2/c1-16(2)13-8-9-17(16,3)15(10-13)19-14-6-4-12(11-18)5-7-14/h4-7,11,13,15H,8-10H2,1-3H3. The van der Waals surface area contributed by atoms with Crippen molar-refractivity contribution in [1.82, 2.24) is 0 Å². The highest BCUT2D eigenvalue weighted by atomic mass is 16.5. The molecule has 0 aromatic heterocycles. The third-order valence-electron chi connectivity index (χ3n) is 6.01. The van der Waals surface area contributed by atoms with Crippen molar-refractivity contribution in [2.75, 3.05) is 0 Å². The molecule has 2 heteroatoms. The second-order valence-corrected chi connectivity index (χ2v) is 6.90. The second kappa shape index (κ2) is 4.09. The Bertz CT molecular complexity index is 488. The normalized spacial score (nSPS) is 35.3. The highest BCUT2D eigenvalue weighted by Crippen LogP contribution is 2.66. The van der Waals surface area contributed by atoms with Gasteiger partial charge in [0.05, 0.1) is 0 Å². The highest BCUT2D eigenvalue weighted by molar-refractivity contribution is 5.74. The third-order valence-corrected chi connectivity index (χ3v) is 6.01. The molecule has 0 saturated heterocycles. The van der Waals surface area contributed by atoms with Crippen LogP contribution in [-0.4, -0.2) is 12.4 Å². The number of ether oxygens (including phenoxy) is 1. The molecule has 1 aromatic carbocycles. The zero-order valence-corrected chi connectivity index (χ0v) is 12.0. The maximum Gasteiger partial charge on any atom is 0.150 e. The minimum Gasteiger partial charge on any atom is -0.490 e. The Labute approximate surface area is 115 Å². The summed E-state index contributed by atoms with van der Waals surface area (Å²) in [5.41, 5.74) is 1.35. The van der Waals surface area contributed by atoms with Crippen LogP contribution >= 0.6 is 0 Å². The Balaban J connectivity index is 1.79. The number of hydrogen-bond acceptors (Lipinski definition) is 2. The van der Waals surface area contributed by atoms with Crippen molar-refractivity contribution < 1.29 is 9.53 Å². The zero-order chi connectivity index (χ0) is 13.7. The van der Waals surface area contributed by atoms with Gasteiger partial charge in [0, 0.05) is 11.0 Å². The first-order chi connectivity index (χ1) is 8.97. The molecule has 2 aliphatic carbocycles. The van der Waals surface area contributed by atoms with Gasteiger partial charge in [-0.1, -0.05) is 20.8 Å². The van der Waals surface area contributed by atoms with Crippen LogP contribution in [0.4, 0.5) is 0 Å². The minimum atomic E-state index is 0.279. The van der Waals surface area contributed by atoms with Crippen LogP contribution in [-0.2, 0) is 0 Å². The maximum absolute atomic E-state index is 10.7. The molecule has 0 radical (unpaired) electrons. The molecule has 3 unspecified atom stereocenters. The molecular weight excluding hydrogens is 236 g/mol. The summed E-state index contributed by atoms with van der Waals surface area (Å²) in [7, 11) is 0. The molecule has 2 aliphatic rings. The first-order valence-electron chi connectivity index (χ1n) is 7.19. The zero-order valence-electron chi connectivity index (χ0n) is 12.0. The van der Waals surface area contributed by atoms with Gasteiger partial charge in [-0.3, -0.25) is 4.79 Å². The van der Waals surface area contributed by atoms with Crippen molar-refractivity contribution in [2.24, 2.45) is 16.7 Å². The summed E-state index contributed by atoms with van der Waals surface area (Å²) in [6.07, 6.45) is 4.95. The van der Waals surface area contributed by atoms with Gasteiger partial charge in [0.25, 0.3) is 0 Å². The molecule has 2 fully saturated rings. The van der Waals surface area contributed by atoms with E-state index in [-0.39, 0.29) is 5.41 Å². The number of aldehydes is 1. The summed E-state index contributed by atoms with van der Waals surface area (Å²) in [5, 5.41) is 0. The quantitative estimate of drug-likeness (QED) is 0.763. The van der Waals surface area contributed by atoms with Crippen LogP contribution in [0.2, 0.25) is 0 Å². The van der Waals surface area contributed by atoms with E-state index in [0.717, 1.165) is 18.0 Å². The topological polar surface area (TPSA) is 26.3 Å². The van der Waals surface area contributed by atoms with Gasteiger partial charge in [-0.05, 0) is 54.9 Å².